The highest BCUT2D eigenvalue weighted by Crippen LogP contribution is 2.41. The predicted molar refractivity (Wildman–Crippen MR) is 125 cm³/mol. The van der Waals surface area contributed by atoms with Gasteiger partial charge < -0.3 is 9.84 Å². The molecule has 0 radical (unpaired) electrons. The van der Waals surface area contributed by atoms with Crippen molar-refractivity contribution in [3.05, 3.63) is 46.6 Å². The summed E-state index contributed by atoms with van der Waals surface area (Å²) in [6.07, 6.45) is 19.4. The molecule has 2 heteroatoms. The number of aliphatic hydroxyl groups is 1. The van der Waals surface area contributed by atoms with Crippen molar-refractivity contribution in [3.63, 3.8) is 0 Å². The van der Waals surface area contributed by atoms with E-state index in [0.29, 0.717) is 5.92 Å². The smallest absolute Gasteiger partial charge is 0.0858 e. The minimum atomic E-state index is -0.174. The van der Waals surface area contributed by atoms with Gasteiger partial charge in [-0.15, -0.1) is 0 Å². The second-order valence-corrected chi connectivity index (χ2v) is 9.85. The van der Waals surface area contributed by atoms with Crippen LogP contribution in [0.15, 0.2) is 46.6 Å². The van der Waals surface area contributed by atoms with Gasteiger partial charge in [-0.2, -0.15) is 0 Å². The van der Waals surface area contributed by atoms with Crippen molar-refractivity contribution in [2.45, 2.75) is 117 Å². The van der Waals surface area contributed by atoms with Crippen molar-refractivity contribution in [2.24, 2.45) is 5.92 Å². The monoisotopic (exact) mass is 400 g/mol. The van der Waals surface area contributed by atoms with Gasteiger partial charge in [-0.05, 0) is 98.0 Å². The summed E-state index contributed by atoms with van der Waals surface area (Å²) in [5, 5.41) is 9.35. The molecule has 1 fully saturated rings. The first-order valence-electron chi connectivity index (χ1n) is 11.7. The Bertz CT molecular complexity index is 649. The molecule has 2 aliphatic rings. The zero-order chi connectivity index (χ0) is 21.4. The zero-order valence-electron chi connectivity index (χ0n) is 19.8. The summed E-state index contributed by atoms with van der Waals surface area (Å²) in [6, 6.07) is 0. The molecule has 0 aromatic rings. The maximum absolute atomic E-state index is 9.35. The van der Waals surface area contributed by atoms with Gasteiger partial charge in [0.25, 0.3) is 0 Å². The van der Waals surface area contributed by atoms with Crippen molar-refractivity contribution in [1.82, 2.24) is 0 Å². The van der Waals surface area contributed by atoms with E-state index in [2.05, 4.69) is 58.9 Å². The molecule has 0 bridgehead atoms. The van der Waals surface area contributed by atoms with E-state index in [9.17, 15) is 5.11 Å². The summed E-state index contributed by atoms with van der Waals surface area (Å²) in [4.78, 5) is 0. The lowest BCUT2D eigenvalue weighted by Gasteiger charge is -2.44. The lowest BCUT2D eigenvalue weighted by molar-refractivity contribution is -0.110. The lowest BCUT2D eigenvalue weighted by atomic mass is 9.78. The van der Waals surface area contributed by atoms with Crippen LogP contribution in [0.4, 0.5) is 0 Å². The van der Waals surface area contributed by atoms with Crippen LogP contribution in [0, 0.1) is 5.92 Å². The van der Waals surface area contributed by atoms with Gasteiger partial charge in [0.15, 0.2) is 0 Å². The van der Waals surface area contributed by atoms with Crippen LogP contribution >= 0.6 is 0 Å². The molecule has 2 rings (SSSR count). The molecule has 0 spiro atoms. The Balaban J connectivity index is 1.73. The van der Waals surface area contributed by atoms with Crippen LogP contribution in [0.2, 0.25) is 0 Å². The molecule has 164 valence electrons. The normalized spacial score (nSPS) is 29.2. The Morgan fingerprint density at radius 2 is 1.90 bits per heavy atom. The molecule has 1 heterocycles. The Labute approximate surface area is 179 Å². The first kappa shape index (κ1) is 24.2. The maximum Gasteiger partial charge on any atom is 0.0858 e. The third kappa shape index (κ3) is 7.90. The number of rotatable bonds is 10. The summed E-state index contributed by atoms with van der Waals surface area (Å²) in [6.45, 7) is 13.2. The predicted octanol–water partition coefficient (Wildman–Crippen LogP) is 7.45. The third-order valence-corrected chi connectivity index (χ3v) is 6.84. The quantitative estimate of drug-likeness (QED) is 0.386. The van der Waals surface area contributed by atoms with Gasteiger partial charge in [0, 0.05) is 5.92 Å². The molecule has 0 aromatic carbocycles. The number of ether oxygens (including phenoxy) is 1. The van der Waals surface area contributed by atoms with Crippen molar-refractivity contribution in [3.8, 4) is 0 Å². The topological polar surface area (TPSA) is 29.5 Å². The van der Waals surface area contributed by atoms with E-state index in [0.717, 1.165) is 51.4 Å². The largest absolute Gasteiger partial charge is 0.393 e. The van der Waals surface area contributed by atoms with Crippen LogP contribution in [-0.2, 0) is 4.74 Å². The molecule has 2 nitrogen and oxygen atoms in total. The van der Waals surface area contributed by atoms with Crippen molar-refractivity contribution in [2.75, 3.05) is 0 Å². The van der Waals surface area contributed by atoms with Gasteiger partial charge >= 0.3 is 0 Å². The Morgan fingerprint density at radius 3 is 2.62 bits per heavy atom. The fourth-order valence-electron chi connectivity index (χ4n) is 4.46. The average Bonchev–Trinajstić information content (AvgIpc) is 2.65. The van der Waals surface area contributed by atoms with E-state index >= 15 is 0 Å². The molecule has 1 aliphatic carbocycles. The van der Waals surface area contributed by atoms with Crippen LogP contribution < -0.4 is 0 Å². The van der Waals surface area contributed by atoms with E-state index in [1.54, 1.807) is 0 Å². The van der Waals surface area contributed by atoms with Gasteiger partial charge in [0.05, 0.1) is 17.8 Å². The minimum absolute atomic E-state index is 0.00496. The fourth-order valence-corrected chi connectivity index (χ4v) is 4.46. The van der Waals surface area contributed by atoms with Crippen molar-refractivity contribution >= 4 is 0 Å². The maximum atomic E-state index is 9.35. The molecule has 4 atom stereocenters. The van der Waals surface area contributed by atoms with Gasteiger partial charge in [-0.25, -0.2) is 0 Å². The summed E-state index contributed by atoms with van der Waals surface area (Å²) in [7, 11) is 0. The van der Waals surface area contributed by atoms with E-state index in [1.165, 1.54) is 28.7 Å². The molecule has 0 saturated carbocycles. The second kappa shape index (κ2) is 11.3. The van der Waals surface area contributed by atoms with Crippen LogP contribution in [0.3, 0.4) is 0 Å². The van der Waals surface area contributed by atoms with Crippen LogP contribution in [0.25, 0.3) is 0 Å². The molecular formula is C27H44O2. The standard InChI is InChI=1S/C27H44O2/c1-20(12-8-14-23(4)28)10-7-11-21(2)13-9-18-27(6)19-17-25-16-15-22(3)24(5)26(25)29-27/h10,13,15-16,23-24,26,28H,7-9,11-12,14,17-19H2,1-6H3/b20-10+,21-13+. The van der Waals surface area contributed by atoms with Crippen molar-refractivity contribution in [1.29, 1.82) is 0 Å². The van der Waals surface area contributed by atoms with E-state index in [4.69, 9.17) is 4.74 Å². The molecule has 0 amide bonds. The zero-order valence-corrected chi connectivity index (χ0v) is 19.8. The first-order chi connectivity index (χ1) is 13.7. The van der Waals surface area contributed by atoms with E-state index < -0.39 is 0 Å². The number of aliphatic hydroxyl groups excluding tert-OH is 1. The molecule has 29 heavy (non-hydrogen) atoms. The Morgan fingerprint density at radius 1 is 1.21 bits per heavy atom. The molecule has 4 unspecified atom stereocenters. The van der Waals surface area contributed by atoms with Crippen LogP contribution in [0.1, 0.15) is 99.3 Å². The van der Waals surface area contributed by atoms with E-state index in [-0.39, 0.29) is 17.8 Å². The van der Waals surface area contributed by atoms with Crippen LogP contribution in [-0.4, -0.2) is 22.9 Å². The van der Waals surface area contributed by atoms with Gasteiger partial charge in [0.2, 0.25) is 0 Å². The first-order valence-corrected chi connectivity index (χ1v) is 11.7. The number of hydrogen-bond donors (Lipinski definition) is 1. The minimum Gasteiger partial charge on any atom is -0.393 e. The highest BCUT2D eigenvalue weighted by molar-refractivity contribution is 5.30. The summed E-state index contributed by atoms with van der Waals surface area (Å²) in [5.41, 5.74) is 5.88. The molecule has 1 N–H and O–H groups in total. The Hall–Kier alpha value is -1.12. The van der Waals surface area contributed by atoms with Crippen molar-refractivity contribution < 1.29 is 9.84 Å². The summed E-state index contributed by atoms with van der Waals surface area (Å²) in [5.74, 6) is 0.502. The molecular weight excluding hydrogens is 356 g/mol. The number of allylic oxidation sites excluding steroid dienone is 6. The highest BCUT2D eigenvalue weighted by Gasteiger charge is 2.38. The SMILES string of the molecule is CC1=CC=C2CCC(C)(CC/C=C(\C)CC/C=C(\C)CCCC(C)O)OC2C1C. The molecule has 1 saturated heterocycles. The van der Waals surface area contributed by atoms with Crippen LogP contribution in [0.5, 0.6) is 0 Å². The van der Waals surface area contributed by atoms with E-state index in [1.807, 2.05) is 6.92 Å². The molecule has 0 aromatic heterocycles. The lowest BCUT2D eigenvalue weighted by Crippen LogP contribution is -2.43. The number of hydrogen-bond acceptors (Lipinski definition) is 2. The fraction of sp³-hybridized carbons (Fsp3) is 0.704. The summed E-state index contributed by atoms with van der Waals surface area (Å²) >= 11 is 0. The van der Waals surface area contributed by atoms with Gasteiger partial charge in [-0.3, -0.25) is 0 Å². The van der Waals surface area contributed by atoms with Gasteiger partial charge in [0.1, 0.15) is 0 Å². The average molecular weight is 401 g/mol. The molecule has 1 aliphatic heterocycles. The second-order valence-electron chi connectivity index (χ2n) is 9.85. The third-order valence-electron chi connectivity index (χ3n) is 6.84. The highest BCUT2D eigenvalue weighted by atomic mass is 16.5. The summed E-state index contributed by atoms with van der Waals surface area (Å²) < 4.78 is 6.64. The Kier molecular flexibility index (Phi) is 9.43. The van der Waals surface area contributed by atoms with Gasteiger partial charge in [-0.1, -0.05) is 47.9 Å². The number of fused-ring (bicyclic) bond motifs is 1.